The number of carbonyl (C=O) groups excluding carboxylic acids is 3. The highest BCUT2D eigenvalue weighted by Gasteiger charge is 2.71. The fourth-order valence-electron chi connectivity index (χ4n) is 5.79. The van der Waals surface area contributed by atoms with Gasteiger partial charge in [0.1, 0.15) is 0 Å². The van der Waals surface area contributed by atoms with Gasteiger partial charge in [-0.3, -0.25) is 14.4 Å². The Hall–Kier alpha value is -4.42. The zero-order valence-electron chi connectivity index (χ0n) is 25.6. The molecule has 44 heavy (non-hydrogen) atoms. The number of alkyl halides is 3. The first-order valence-corrected chi connectivity index (χ1v) is 13.7. The summed E-state index contributed by atoms with van der Waals surface area (Å²) in [7, 11) is 6.82. The molecule has 0 saturated carbocycles. The largest absolute Gasteiger partial charge is 0.493 e. The summed E-state index contributed by atoms with van der Waals surface area (Å²) in [5, 5.41) is 1.93. The lowest BCUT2D eigenvalue weighted by atomic mass is 9.72. The van der Waals surface area contributed by atoms with Gasteiger partial charge < -0.3 is 33.9 Å². The van der Waals surface area contributed by atoms with Crippen LogP contribution in [0.4, 0.5) is 13.2 Å². The van der Waals surface area contributed by atoms with E-state index in [2.05, 4.69) is 0 Å². The molecular weight excluding hydrogens is 585 g/mol. The highest BCUT2D eigenvalue weighted by atomic mass is 19.4. The smallest absolute Gasteiger partial charge is 0.425 e. The number of methoxy groups -OCH3 is 5. The fraction of sp³-hybridized carbons (Fsp3) is 0.452. The molecule has 0 unspecified atom stereocenters. The average molecular weight is 621 g/mol. The van der Waals surface area contributed by atoms with Crippen molar-refractivity contribution in [3.63, 3.8) is 0 Å². The van der Waals surface area contributed by atoms with Gasteiger partial charge in [-0.2, -0.15) is 13.2 Å². The van der Waals surface area contributed by atoms with Crippen LogP contribution in [0.15, 0.2) is 41.6 Å². The van der Waals surface area contributed by atoms with Crippen molar-refractivity contribution < 1.29 is 51.2 Å². The number of hydrogen-bond acceptors (Lipinski definition) is 8. The van der Waals surface area contributed by atoms with E-state index in [0.29, 0.717) is 17.1 Å². The number of nitrogens with one attached hydrogen (secondary N) is 1. The second-order valence-electron chi connectivity index (χ2n) is 11.3. The second-order valence-corrected chi connectivity index (χ2v) is 11.3. The molecule has 2 amide bonds. The zero-order chi connectivity index (χ0) is 32.6. The van der Waals surface area contributed by atoms with Gasteiger partial charge in [-0.25, -0.2) is 0 Å². The Balaban J connectivity index is 1.81. The van der Waals surface area contributed by atoms with Crippen molar-refractivity contribution in [2.45, 2.75) is 44.8 Å². The molecule has 0 spiro atoms. The number of rotatable bonds is 10. The number of ether oxygens (including phenoxy) is 5. The third-order valence-corrected chi connectivity index (χ3v) is 7.84. The highest BCUT2D eigenvalue weighted by molar-refractivity contribution is 6.14. The number of carbonyl (C=O) groups is 3. The molecule has 238 valence electrons. The van der Waals surface area contributed by atoms with Crippen LogP contribution < -0.4 is 29.0 Å². The molecule has 1 aliphatic heterocycles. The SMILES string of the molecule is COc1ccc(CCN2C(=O)[C@](NC(=O)c3cc(OC)c(OC)c(OC)c3)(C(F)(F)F)C3=C2CC(C)(C)CC3=O)cc1OC. The highest BCUT2D eigenvalue weighted by Crippen LogP contribution is 2.52. The van der Waals surface area contributed by atoms with Gasteiger partial charge in [-0.05, 0) is 48.1 Å². The minimum absolute atomic E-state index is 0.0164. The van der Waals surface area contributed by atoms with Crippen LogP contribution in [0.25, 0.3) is 0 Å². The lowest BCUT2D eigenvalue weighted by Crippen LogP contribution is -2.66. The first-order chi connectivity index (χ1) is 20.7. The van der Waals surface area contributed by atoms with Crippen molar-refractivity contribution in [1.82, 2.24) is 10.2 Å². The molecule has 0 aromatic heterocycles. The number of amides is 2. The van der Waals surface area contributed by atoms with Gasteiger partial charge in [0.05, 0.1) is 41.1 Å². The average Bonchev–Trinajstić information content (AvgIpc) is 3.21. The normalized spacial score (nSPS) is 19.5. The quantitative estimate of drug-likeness (QED) is 0.414. The Kier molecular flexibility index (Phi) is 8.81. The molecule has 1 heterocycles. The Morgan fingerprint density at radius 3 is 1.98 bits per heavy atom. The van der Waals surface area contributed by atoms with E-state index in [0.717, 1.165) is 17.0 Å². The van der Waals surface area contributed by atoms with Gasteiger partial charge in [0.2, 0.25) is 11.3 Å². The molecule has 13 heteroatoms. The van der Waals surface area contributed by atoms with Crippen molar-refractivity contribution in [3.8, 4) is 28.7 Å². The maximum atomic E-state index is 15.3. The summed E-state index contributed by atoms with van der Waals surface area (Å²) in [6.07, 6.45) is -5.45. The predicted octanol–water partition coefficient (Wildman–Crippen LogP) is 4.49. The van der Waals surface area contributed by atoms with Crippen molar-refractivity contribution in [2.75, 3.05) is 42.1 Å². The summed E-state index contributed by atoms with van der Waals surface area (Å²) in [6, 6.07) is 7.34. The maximum Gasteiger partial charge on any atom is 0.425 e. The standard InChI is InChI=1S/C31H35F3N2O8/c1-29(2)15-19-25(20(37)16-29)30(31(32,33)34,35-27(38)18-13-23(42-5)26(44-7)24(14-18)43-6)28(39)36(19)11-10-17-8-9-21(40-3)22(12-17)41-4/h8-9,12-14H,10-11,15-16H2,1-7H3,(H,35,38)/t30-/m0/s1. The van der Waals surface area contributed by atoms with E-state index in [4.69, 9.17) is 23.7 Å². The summed E-state index contributed by atoms with van der Waals surface area (Å²) in [4.78, 5) is 42.1. The van der Waals surface area contributed by atoms with Crippen LogP contribution in [-0.4, -0.2) is 76.3 Å². The molecule has 2 aliphatic rings. The fourth-order valence-corrected chi connectivity index (χ4v) is 5.79. The summed E-state index contributed by atoms with van der Waals surface area (Å²) >= 11 is 0. The van der Waals surface area contributed by atoms with Gasteiger partial charge in [0.25, 0.3) is 11.8 Å². The molecule has 0 saturated heterocycles. The molecule has 10 nitrogen and oxygen atoms in total. The van der Waals surface area contributed by atoms with Crippen LogP contribution in [0.3, 0.4) is 0 Å². The van der Waals surface area contributed by atoms with Crippen molar-refractivity contribution in [3.05, 3.63) is 52.7 Å². The first kappa shape index (κ1) is 32.5. The van der Waals surface area contributed by atoms with Gasteiger partial charge in [0, 0.05) is 24.2 Å². The molecule has 4 rings (SSSR count). The Morgan fingerprint density at radius 1 is 0.864 bits per heavy atom. The van der Waals surface area contributed by atoms with Crippen molar-refractivity contribution in [1.29, 1.82) is 0 Å². The van der Waals surface area contributed by atoms with Crippen LogP contribution in [0.2, 0.25) is 0 Å². The molecule has 2 aromatic rings. The maximum absolute atomic E-state index is 15.3. The van der Waals surface area contributed by atoms with E-state index >= 15 is 13.2 Å². The van der Waals surface area contributed by atoms with Crippen LogP contribution in [0.1, 0.15) is 42.6 Å². The van der Waals surface area contributed by atoms with E-state index in [-0.39, 0.29) is 54.3 Å². The molecule has 1 aliphatic carbocycles. The van der Waals surface area contributed by atoms with Gasteiger partial charge in [-0.15, -0.1) is 0 Å². The molecule has 0 fully saturated rings. The van der Waals surface area contributed by atoms with E-state index in [1.807, 2.05) is 5.32 Å². The van der Waals surface area contributed by atoms with E-state index in [1.54, 1.807) is 32.0 Å². The third-order valence-electron chi connectivity index (χ3n) is 7.84. The van der Waals surface area contributed by atoms with Crippen molar-refractivity contribution >= 4 is 17.6 Å². The molecule has 0 radical (unpaired) electrons. The molecule has 0 bridgehead atoms. The third kappa shape index (κ3) is 5.50. The number of benzene rings is 2. The number of ketones is 1. The zero-order valence-corrected chi connectivity index (χ0v) is 25.6. The van der Waals surface area contributed by atoms with E-state index in [1.165, 1.54) is 35.5 Å². The first-order valence-electron chi connectivity index (χ1n) is 13.7. The Bertz CT molecular complexity index is 1490. The predicted molar refractivity (Wildman–Crippen MR) is 152 cm³/mol. The number of halogens is 3. The monoisotopic (exact) mass is 620 g/mol. The summed E-state index contributed by atoms with van der Waals surface area (Å²) in [5.41, 5.74) is -4.79. The van der Waals surface area contributed by atoms with Crippen LogP contribution in [-0.2, 0) is 16.0 Å². The Morgan fingerprint density at radius 2 is 1.45 bits per heavy atom. The van der Waals surface area contributed by atoms with E-state index < -0.39 is 40.3 Å². The number of Topliss-reactive ketones (excluding diaryl/α,β-unsaturated/α-hetero) is 1. The molecule has 1 atom stereocenters. The van der Waals surface area contributed by atoms with Gasteiger partial charge >= 0.3 is 6.18 Å². The van der Waals surface area contributed by atoms with Crippen LogP contribution >= 0.6 is 0 Å². The second kappa shape index (κ2) is 11.9. The minimum Gasteiger partial charge on any atom is -0.493 e. The minimum atomic E-state index is -5.36. The molecule has 1 N–H and O–H groups in total. The lowest BCUT2D eigenvalue weighted by Gasteiger charge is -2.35. The van der Waals surface area contributed by atoms with Gasteiger partial charge in [0.15, 0.2) is 28.8 Å². The summed E-state index contributed by atoms with van der Waals surface area (Å²) in [6.45, 7) is 3.30. The molecular formula is C31H35F3N2O8. The number of allylic oxidation sites excluding steroid dienone is 1. The van der Waals surface area contributed by atoms with Crippen molar-refractivity contribution in [2.24, 2.45) is 5.41 Å². The Labute approximate surface area is 253 Å². The molecule has 2 aromatic carbocycles. The summed E-state index contributed by atoms with van der Waals surface area (Å²) in [5.74, 6) is -2.56. The lowest BCUT2D eigenvalue weighted by molar-refractivity contribution is -0.190. The summed E-state index contributed by atoms with van der Waals surface area (Å²) < 4.78 is 72.1. The van der Waals surface area contributed by atoms with Crippen LogP contribution in [0, 0.1) is 5.41 Å². The van der Waals surface area contributed by atoms with Gasteiger partial charge in [-0.1, -0.05) is 19.9 Å². The van der Waals surface area contributed by atoms with Crippen LogP contribution in [0.5, 0.6) is 28.7 Å². The number of nitrogens with zero attached hydrogens (tertiary/aromatic N) is 1. The van der Waals surface area contributed by atoms with E-state index in [9.17, 15) is 14.4 Å². The number of hydrogen-bond donors (Lipinski definition) is 1. The topological polar surface area (TPSA) is 113 Å².